The summed E-state index contributed by atoms with van der Waals surface area (Å²) in [6.45, 7) is 1.43. The smallest absolute Gasteiger partial charge is 0.122 e. The van der Waals surface area contributed by atoms with Crippen molar-refractivity contribution in [3.05, 3.63) is 52.0 Å². The third-order valence-corrected chi connectivity index (χ3v) is 3.76. The average molecular weight is 334 g/mol. The molecule has 0 saturated carbocycles. The van der Waals surface area contributed by atoms with Gasteiger partial charge in [0.15, 0.2) is 0 Å². The van der Waals surface area contributed by atoms with Gasteiger partial charge in [0.05, 0.1) is 13.2 Å². The van der Waals surface area contributed by atoms with Crippen LogP contribution in [0.4, 0.5) is 5.69 Å². The van der Waals surface area contributed by atoms with E-state index < -0.39 is 0 Å². The summed E-state index contributed by atoms with van der Waals surface area (Å²) < 4.78 is 12.2. The molecule has 0 spiro atoms. The van der Waals surface area contributed by atoms with Gasteiger partial charge in [0.25, 0.3) is 0 Å². The van der Waals surface area contributed by atoms with Crippen molar-refractivity contribution in [1.29, 1.82) is 0 Å². The van der Waals surface area contributed by atoms with Crippen LogP contribution < -0.4 is 15.2 Å². The molecule has 0 bridgehead atoms. The predicted octanol–water partition coefficient (Wildman–Crippen LogP) is 3.59. The summed E-state index contributed by atoms with van der Waals surface area (Å²) in [6.07, 6.45) is 1.88. The molecule has 20 heavy (non-hydrogen) atoms. The minimum Gasteiger partial charge on any atom is -0.493 e. The number of anilines is 1. The molecule has 0 fully saturated rings. The van der Waals surface area contributed by atoms with Crippen LogP contribution >= 0.6 is 15.9 Å². The van der Waals surface area contributed by atoms with Gasteiger partial charge in [-0.2, -0.15) is 0 Å². The second-order valence-electron chi connectivity index (χ2n) is 4.86. The summed E-state index contributed by atoms with van der Waals surface area (Å²) >= 11 is 3.41. The molecule has 0 atom stereocenters. The van der Waals surface area contributed by atoms with E-state index in [0.717, 1.165) is 35.4 Å². The Morgan fingerprint density at radius 3 is 2.95 bits per heavy atom. The predicted molar refractivity (Wildman–Crippen MR) is 83.4 cm³/mol. The molecule has 3 rings (SSSR count). The lowest BCUT2D eigenvalue weighted by molar-refractivity contribution is 0.322. The Morgan fingerprint density at radius 1 is 1.20 bits per heavy atom. The first-order valence-electron chi connectivity index (χ1n) is 6.64. The molecular weight excluding hydrogens is 318 g/mol. The maximum Gasteiger partial charge on any atom is 0.122 e. The summed E-state index contributed by atoms with van der Waals surface area (Å²) in [5.74, 6) is 1.82. The van der Waals surface area contributed by atoms with Crippen LogP contribution in [-0.2, 0) is 12.8 Å². The molecule has 1 aliphatic heterocycles. The zero-order chi connectivity index (χ0) is 13.9. The van der Waals surface area contributed by atoms with Crippen LogP contribution in [0.1, 0.15) is 11.1 Å². The molecular formula is C16H16BrNO2. The van der Waals surface area contributed by atoms with Gasteiger partial charge >= 0.3 is 0 Å². The molecule has 0 aliphatic carbocycles. The van der Waals surface area contributed by atoms with Gasteiger partial charge in [-0.1, -0.05) is 28.1 Å². The van der Waals surface area contributed by atoms with Crippen LogP contribution in [0, 0.1) is 0 Å². The summed E-state index contributed by atoms with van der Waals surface area (Å²) in [5.41, 5.74) is 9.05. The maximum absolute atomic E-state index is 5.78. The van der Waals surface area contributed by atoms with Crippen LogP contribution in [0.2, 0.25) is 0 Å². The lowest BCUT2D eigenvalue weighted by atomic mass is 10.1. The fourth-order valence-corrected chi connectivity index (χ4v) is 2.84. The van der Waals surface area contributed by atoms with Crippen molar-refractivity contribution < 1.29 is 9.47 Å². The highest BCUT2D eigenvalue weighted by atomic mass is 79.9. The number of fused-ring (bicyclic) bond motifs is 1. The topological polar surface area (TPSA) is 44.5 Å². The Hall–Kier alpha value is -1.68. The van der Waals surface area contributed by atoms with Crippen LogP contribution in [0.3, 0.4) is 0 Å². The number of hydrogen-bond acceptors (Lipinski definition) is 3. The van der Waals surface area contributed by atoms with E-state index in [-0.39, 0.29) is 0 Å². The molecule has 2 N–H and O–H groups in total. The van der Waals surface area contributed by atoms with Crippen molar-refractivity contribution in [2.24, 2.45) is 0 Å². The van der Waals surface area contributed by atoms with Gasteiger partial charge in [0.2, 0.25) is 0 Å². The van der Waals surface area contributed by atoms with E-state index in [9.17, 15) is 0 Å². The van der Waals surface area contributed by atoms with Gasteiger partial charge in [0.1, 0.15) is 11.5 Å². The third-order valence-electron chi connectivity index (χ3n) is 3.31. The molecule has 0 radical (unpaired) electrons. The van der Waals surface area contributed by atoms with E-state index in [2.05, 4.69) is 34.1 Å². The molecule has 2 aromatic carbocycles. The van der Waals surface area contributed by atoms with Gasteiger partial charge in [-0.15, -0.1) is 0 Å². The largest absolute Gasteiger partial charge is 0.493 e. The van der Waals surface area contributed by atoms with Crippen molar-refractivity contribution in [2.45, 2.75) is 12.8 Å². The summed E-state index contributed by atoms with van der Waals surface area (Å²) in [4.78, 5) is 0. The number of ether oxygens (including phenoxy) is 2. The second-order valence-corrected chi connectivity index (χ2v) is 5.77. The number of nitrogens with two attached hydrogens (primary N) is 1. The number of hydrogen-bond donors (Lipinski definition) is 1. The molecule has 1 heterocycles. The first-order chi connectivity index (χ1) is 9.70. The molecule has 2 aromatic rings. The van der Waals surface area contributed by atoms with Crippen molar-refractivity contribution in [2.75, 3.05) is 18.9 Å². The highest BCUT2D eigenvalue weighted by molar-refractivity contribution is 9.10. The Bertz CT molecular complexity index is 608. The first kappa shape index (κ1) is 13.3. The van der Waals surface area contributed by atoms with Gasteiger partial charge in [0, 0.05) is 29.1 Å². The highest BCUT2D eigenvalue weighted by Gasteiger charge is 2.11. The molecule has 0 unspecified atom stereocenters. The Labute approximate surface area is 126 Å². The molecule has 0 aromatic heterocycles. The Morgan fingerprint density at radius 2 is 2.10 bits per heavy atom. The van der Waals surface area contributed by atoms with E-state index in [4.69, 9.17) is 15.2 Å². The van der Waals surface area contributed by atoms with E-state index >= 15 is 0 Å². The van der Waals surface area contributed by atoms with E-state index in [1.54, 1.807) is 0 Å². The zero-order valence-electron chi connectivity index (χ0n) is 11.1. The maximum atomic E-state index is 5.78. The van der Waals surface area contributed by atoms with E-state index in [1.807, 2.05) is 18.2 Å². The molecule has 3 nitrogen and oxygen atoms in total. The number of rotatable bonds is 4. The normalized spacial score (nSPS) is 12.8. The summed E-state index contributed by atoms with van der Waals surface area (Å²) in [5, 5.41) is 0. The quantitative estimate of drug-likeness (QED) is 0.869. The standard InChI is InChI=1S/C16H16BrNO2/c17-13-8-14(18)10-15(9-13)19-5-3-11-1-2-16-12(7-11)4-6-20-16/h1-2,7-10H,3-6,18H2. The van der Waals surface area contributed by atoms with Crippen molar-refractivity contribution in [1.82, 2.24) is 0 Å². The molecule has 4 heteroatoms. The van der Waals surface area contributed by atoms with Crippen LogP contribution in [-0.4, -0.2) is 13.2 Å². The van der Waals surface area contributed by atoms with Crippen LogP contribution in [0.15, 0.2) is 40.9 Å². The molecule has 1 aliphatic rings. The average Bonchev–Trinajstić information content (AvgIpc) is 2.85. The lowest BCUT2D eigenvalue weighted by Gasteiger charge is -2.08. The lowest BCUT2D eigenvalue weighted by Crippen LogP contribution is -2.02. The third kappa shape index (κ3) is 3.07. The van der Waals surface area contributed by atoms with E-state index in [1.165, 1.54) is 11.1 Å². The number of benzene rings is 2. The summed E-state index contributed by atoms with van der Waals surface area (Å²) in [7, 11) is 0. The van der Waals surface area contributed by atoms with Gasteiger partial charge in [-0.3, -0.25) is 0 Å². The molecule has 104 valence electrons. The zero-order valence-corrected chi connectivity index (χ0v) is 12.7. The highest BCUT2D eigenvalue weighted by Crippen LogP contribution is 2.26. The van der Waals surface area contributed by atoms with Crippen molar-refractivity contribution in [3.8, 4) is 11.5 Å². The Kier molecular flexibility index (Phi) is 3.83. The Balaban J connectivity index is 1.59. The monoisotopic (exact) mass is 333 g/mol. The minimum absolute atomic E-state index is 0.634. The fourth-order valence-electron chi connectivity index (χ4n) is 2.35. The van der Waals surface area contributed by atoms with Crippen LogP contribution in [0.5, 0.6) is 11.5 Å². The fraction of sp³-hybridized carbons (Fsp3) is 0.250. The van der Waals surface area contributed by atoms with Gasteiger partial charge < -0.3 is 15.2 Å². The number of halogens is 1. The first-order valence-corrected chi connectivity index (χ1v) is 7.43. The molecule has 0 amide bonds. The SMILES string of the molecule is Nc1cc(Br)cc(OCCc2ccc3c(c2)CCO3)c1. The van der Waals surface area contributed by atoms with E-state index in [0.29, 0.717) is 12.3 Å². The molecule has 0 saturated heterocycles. The summed E-state index contributed by atoms with van der Waals surface area (Å²) in [6, 6.07) is 12.0. The number of nitrogen functional groups attached to an aromatic ring is 1. The van der Waals surface area contributed by atoms with Crippen molar-refractivity contribution >= 4 is 21.6 Å². The second kappa shape index (κ2) is 5.75. The minimum atomic E-state index is 0.634. The van der Waals surface area contributed by atoms with Crippen molar-refractivity contribution in [3.63, 3.8) is 0 Å². The van der Waals surface area contributed by atoms with Crippen LogP contribution in [0.25, 0.3) is 0 Å². The van der Waals surface area contributed by atoms with Gasteiger partial charge in [-0.25, -0.2) is 0 Å². The van der Waals surface area contributed by atoms with Gasteiger partial charge in [-0.05, 0) is 29.3 Å².